The van der Waals surface area contributed by atoms with E-state index in [1.54, 1.807) is 0 Å². The van der Waals surface area contributed by atoms with Crippen molar-refractivity contribution in [3.05, 3.63) is 0 Å². The molecule has 1 amide bonds. The molecule has 0 aliphatic heterocycles. The zero-order valence-electron chi connectivity index (χ0n) is 22.7. The summed E-state index contributed by atoms with van der Waals surface area (Å²) in [6.07, 6.45) is 12.8. The summed E-state index contributed by atoms with van der Waals surface area (Å²) in [5.74, 6) is 3.69. The Bertz CT molecular complexity index is 769. The summed E-state index contributed by atoms with van der Waals surface area (Å²) in [6.45, 7) is 9.86. The standard InChI is InChI=1S/C30H51NO4/c1-5-22-25-17-21(32)12-14-30(25,4)24-13-15-29(3)20(10-11-23(29)26(24)27(22)33)7-6-16-35-28(34)31-18(2)19-8-9-19/h18-27,32-33H,5-17H2,1-4H3,(H,31,34)/t18-,20-,21+,22+,23-,24-,25-,26-,27+,29+,30+/m0/s1. The van der Waals surface area contributed by atoms with E-state index in [1.165, 1.54) is 38.5 Å². The second-order valence-corrected chi connectivity index (χ2v) is 13.8. The summed E-state index contributed by atoms with van der Waals surface area (Å²) < 4.78 is 5.52. The number of hydrogen-bond acceptors (Lipinski definition) is 4. The van der Waals surface area contributed by atoms with Crippen LogP contribution in [0.2, 0.25) is 0 Å². The molecule has 5 rings (SSSR count). The molecule has 5 aliphatic rings. The smallest absolute Gasteiger partial charge is 0.407 e. The lowest BCUT2D eigenvalue weighted by atomic mass is 9.41. The van der Waals surface area contributed by atoms with Gasteiger partial charge in [0.2, 0.25) is 0 Å². The third kappa shape index (κ3) is 4.56. The van der Waals surface area contributed by atoms with Crippen molar-refractivity contribution in [2.75, 3.05) is 6.61 Å². The Kier molecular flexibility index (Phi) is 7.24. The van der Waals surface area contributed by atoms with Crippen LogP contribution in [0.4, 0.5) is 4.79 Å². The molecular weight excluding hydrogens is 438 g/mol. The number of hydrogen-bond donors (Lipinski definition) is 3. The molecule has 0 aromatic heterocycles. The molecule has 200 valence electrons. The molecule has 0 aromatic rings. The van der Waals surface area contributed by atoms with Gasteiger partial charge in [-0.05, 0) is 130 Å². The van der Waals surface area contributed by atoms with Crippen molar-refractivity contribution in [2.24, 2.45) is 52.3 Å². The summed E-state index contributed by atoms with van der Waals surface area (Å²) in [4.78, 5) is 12.1. The van der Waals surface area contributed by atoms with Crippen LogP contribution in [0.5, 0.6) is 0 Å². The number of aliphatic hydroxyl groups is 2. The first kappa shape index (κ1) is 25.8. The van der Waals surface area contributed by atoms with Crippen molar-refractivity contribution < 1.29 is 19.7 Å². The Hall–Kier alpha value is -0.810. The molecule has 5 heteroatoms. The average Bonchev–Trinajstić information content (AvgIpc) is 3.62. The van der Waals surface area contributed by atoms with E-state index in [4.69, 9.17) is 4.74 Å². The van der Waals surface area contributed by atoms with Crippen LogP contribution in [0, 0.1) is 52.3 Å². The van der Waals surface area contributed by atoms with Crippen molar-refractivity contribution >= 4 is 6.09 Å². The van der Waals surface area contributed by atoms with Gasteiger partial charge in [-0.2, -0.15) is 0 Å². The molecule has 0 aromatic carbocycles. The third-order valence-corrected chi connectivity index (χ3v) is 12.2. The minimum atomic E-state index is -0.253. The van der Waals surface area contributed by atoms with E-state index in [2.05, 4.69) is 33.0 Å². The lowest BCUT2D eigenvalue weighted by Gasteiger charge is -2.64. The third-order valence-electron chi connectivity index (χ3n) is 12.2. The lowest BCUT2D eigenvalue weighted by molar-refractivity contribution is -0.202. The van der Waals surface area contributed by atoms with E-state index in [-0.39, 0.29) is 29.8 Å². The van der Waals surface area contributed by atoms with Crippen LogP contribution in [0.25, 0.3) is 0 Å². The number of rotatable bonds is 7. The van der Waals surface area contributed by atoms with Gasteiger partial charge in [-0.1, -0.05) is 27.2 Å². The van der Waals surface area contributed by atoms with Crippen molar-refractivity contribution in [1.82, 2.24) is 5.32 Å². The van der Waals surface area contributed by atoms with Crippen molar-refractivity contribution in [3.8, 4) is 0 Å². The molecule has 0 unspecified atom stereocenters. The maximum absolute atomic E-state index is 12.1. The van der Waals surface area contributed by atoms with E-state index >= 15 is 0 Å². The molecular formula is C30H51NO4. The second kappa shape index (κ2) is 9.82. The van der Waals surface area contributed by atoms with Crippen LogP contribution in [0.3, 0.4) is 0 Å². The van der Waals surface area contributed by atoms with Gasteiger partial charge in [-0.25, -0.2) is 4.79 Å². The van der Waals surface area contributed by atoms with Crippen LogP contribution in [0.1, 0.15) is 105 Å². The Labute approximate surface area is 213 Å². The molecule has 0 spiro atoms. The molecule has 3 N–H and O–H groups in total. The fourth-order valence-electron chi connectivity index (χ4n) is 9.98. The number of carbonyl (C=O) groups excluding carboxylic acids is 1. The van der Waals surface area contributed by atoms with Crippen LogP contribution < -0.4 is 5.32 Å². The molecule has 0 bridgehead atoms. The Morgan fingerprint density at radius 1 is 1.00 bits per heavy atom. The van der Waals surface area contributed by atoms with Crippen LogP contribution in [-0.2, 0) is 4.74 Å². The van der Waals surface area contributed by atoms with Crippen molar-refractivity contribution in [3.63, 3.8) is 0 Å². The number of ether oxygens (including phenoxy) is 1. The highest BCUT2D eigenvalue weighted by molar-refractivity contribution is 5.67. The Balaban J connectivity index is 1.21. The summed E-state index contributed by atoms with van der Waals surface area (Å²) in [6, 6.07) is 0.231. The summed E-state index contributed by atoms with van der Waals surface area (Å²) in [7, 11) is 0. The lowest BCUT2D eigenvalue weighted by Crippen LogP contribution is -2.62. The predicted octanol–water partition coefficient (Wildman–Crippen LogP) is 5.92. The SMILES string of the molecule is CC[C@H]1[C@@H](O)[C@@H]2[C@H](CC[C@]3(C)[C@@H](CCCOC(=O)N[C@@H](C)C4CC4)CC[C@@H]23)[C@@]2(C)CC[C@@H](O)C[C@@H]12. The van der Waals surface area contributed by atoms with Crippen LogP contribution in [-0.4, -0.2) is 41.2 Å². The zero-order chi connectivity index (χ0) is 25.0. The fraction of sp³-hybridized carbons (Fsp3) is 0.967. The maximum atomic E-state index is 12.1. The number of alkyl carbamates (subject to hydrolysis) is 1. The quantitative estimate of drug-likeness (QED) is 0.388. The van der Waals surface area contributed by atoms with Gasteiger partial charge < -0.3 is 20.3 Å². The van der Waals surface area contributed by atoms with Crippen LogP contribution in [0.15, 0.2) is 0 Å². The number of amides is 1. The fourth-order valence-corrected chi connectivity index (χ4v) is 9.98. The minimum Gasteiger partial charge on any atom is -0.450 e. The van der Waals surface area contributed by atoms with Gasteiger partial charge in [0.25, 0.3) is 0 Å². The zero-order valence-corrected chi connectivity index (χ0v) is 22.7. The van der Waals surface area contributed by atoms with Gasteiger partial charge in [0, 0.05) is 6.04 Å². The largest absolute Gasteiger partial charge is 0.450 e. The topological polar surface area (TPSA) is 78.8 Å². The van der Waals surface area contributed by atoms with E-state index in [9.17, 15) is 15.0 Å². The predicted molar refractivity (Wildman–Crippen MR) is 138 cm³/mol. The average molecular weight is 490 g/mol. The molecule has 5 nitrogen and oxygen atoms in total. The Morgan fingerprint density at radius 2 is 1.71 bits per heavy atom. The highest BCUT2D eigenvalue weighted by atomic mass is 16.5. The molecule has 11 atom stereocenters. The molecule has 5 saturated carbocycles. The first-order valence-corrected chi connectivity index (χ1v) is 15.0. The van der Waals surface area contributed by atoms with Gasteiger partial charge >= 0.3 is 6.09 Å². The van der Waals surface area contributed by atoms with Gasteiger partial charge in [0.15, 0.2) is 0 Å². The first-order valence-electron chi connectivity index (χ1n) is 15.0. The highest BCUT2D eigenvalue weighted by Gasteiger charge is 2.64. The minimum absolute atomic E-state index is 0.184. The molecule has 5 fully saturated rings. The van der Waals surface area contributed by atoms with E-state index in [0.29, 0.717) is 53.4 Å². The molecule has 0 radical (unpaired) electrons. The normalized spacial score (nSPS) is 47.8. The highest BCUT2D eigenvalue weighted by Crippen LogP contribution is 2.69. The van der Waals surface area contributed by atoms with Crippen molar-refractivity contribution in [2.45, 2.75) is 123 Å². The second-order valence-electron chi connectivity index (χ2n) is 13.8. The molecule has 5 aliphatic carbocycles. The van der Waals surface area contributed by atoms with Crippen LogP contribution >= 0.6 is 0 Å². The van der Waals surface area contributed by atoms with Gasteiger partial charge in [0.1, 0.15) is 0 Å². The monoisotopic (exact) mass is 489 g/mol. The Morgan fingerprint density at radius 3 is 2.43 bits per heavy atom. The van der Waals surface area contributed by atoms with Gasteiger partial charge in [-0.3, -0.25) is 0 Å². The summed E-state index contributed by atoms with van der Waals surface area (Å²) in [5.41, 5.74) is 0.558. The summed E-state index contributed by atoms with van der Waals surface area (Å²) >= 11 is 0. The van der Waals surface area contributed by atoms with Gasteiger partial charge in [0.05, 0.1) is 18.8 Å². The van der Waals surface area contributed by atoms with Gasteiger partial charge in [-0.15, -0.1) is 0 Å². The van der Waals surface area contributed by atoms with E-state index < -0.39 is 0 Å². The maximum Gasteiger partial charge on any atom is 0.407 e. The molecule has 0 saturated heterocycles. The molecule has 0 heterocycles. The molecule has 35 heavy (non-hydrogen) atoms. The summed E-state index contributed by atoms with van der Waals surface area (Å²) in [5, 5.41) is 25.3. The number of nitrogens with one attached hydrogen (secondary N) is 1. The first-order chi connectivity index (χ1) is 16.7. The van der Waals surface area contributed by atoms with E-state index in [1.807, 2.05) is 0 Å². The number of fused-ring (bicyclic) bond motifs is 5. The van der Waals surface area contributed by atoms with Crippen molar-refractivity contribution in [1.29, 1.82) is 0 Å². The number of aliphatic hydroxyl groups excluding tert-OH is 2. The van der Waals surface area contributed by atoms with E-state index in [0.717, 1.165) is 38.5 Å². The number of carbonyl (C=O) groups is 1.